The van der Waals surface area contributed by atoms with Gasteiger partial charge in [0.05, 0.1) is 33.1 Å². The van der Waals surface area contributed by atoms with Crippen molar-refractivity contribution in [1.82, 2.24) is 4.90 Å². The largest absolute Gasteiger partial charge is 0.497 e. The number of hydrogen-bond acceptors (Lipinski definition) is 5. The van der Waals surface area contributed by atoms with Gasteiger partial charge in [-0.3, -0.25) is 9.69 Å². The van der Waals surface area contributed by atoms with Crippen LogP contribution in [0.25, 0.3) is 0 Å². The molecule has 1 aliphatic rings. The van der Waals surface area contributed by atoms with Crippen LogP contribution in [-0.4, -0.2) is 44.7 Å². The molecule has 1 aliphatic heterocycles. The third kappa shape index (κ3) is 4.57. The number of nitrogens with one attached hydrogen (secondary N) is 1. The van der Waals surface area contributed by atoms with Crippen molar-refractivity contribution in [2.24, 2.45) is 0 Å². The molecule has 6 heteroatoms. The van der Waals surface area contributed by atoms with Crippen LogP contribution in [0.2, 0.25) is 0 Å². The van der Waals surface area contributed by atoms with E-state index >= 15 is 0 Å². The average Bonchev–Trinajstić information content (AvgIpc) is 3.16. The van der Waals surface area contributed by atoms with E-state index < -0.39 is 0 Å². The molecule has 1 unspecified atom stereocenters. The van der Waals surface area contributed by atoms with Gasteiger partial charge in [-0.05, 0) is 56.6 Å². The van der Waals surface area contributed by atoms with E-state index in [0.29, 0.717) is 24.6 Å². The molecule has 6 nitrogen and oxygen atoms in total. The second-order valence-electron chi connectivity index (χ2n) is 6.71. The van der Waals surface area contributed by atoms with Gasteiger partial charge in [-0.1, -0.05) is 12.1 Å². The van der Waals surface area contributed by atoms with Gasteiger partial charge in [-0.2, -0.15) is 0 Å². The van der Waals surface area contributed by atoms with Crippen molar-refractivity contribution >= 4 is 11.6 Å². The fraction of sp³-hybridized carbons (Fsp3) is 0.409. The van der Waals surface area contributed by atoms with Crippen LogP contribution in [0.1, 0.15) is 31.4 Å². The molecule has 2 aromatic rings. The zero-order valence-electron chi connectivity index (χ0n) is 16.7. The fourth-order valence-electron chi connectivity index (χ4n) is 3.69. The van der Waals surface area contributed by atoms with E-state index in [1.807, 2.05) is 49.4 Å². The van der Waals surface area contributed by atoms with Gasteiger partial charge in [0, 0.05) is 11.6 Å². The maximum atomic E-state index is 12.7. The number of para-hydroxylation sites is 2. The highest BCUT2D eigenvalue weighted by Crippen LogP contribution is 2.38. The summed E-state index contributed by atoms with van der Waals surface area (Å²) in [4.78, 5) is 14.9. The smallest absolute Gasteiger partial charge is 0.238 e. The highest BCUT2D eigenvalue weighted by Gasteiger charge is 2.30. The van der Waals surface area contributed by atoms with E-state index in [1.165, 1.54) is 0 Å². The molecule has 1 N–H and O–H groups in total. The van der Waals surface area contributed by atoms with Crippen LogP contribution < -0.4 is 19.5 Å². The van der Waals surface area contributed by atoms with Crippen molar-refractivity contribution in [3.63, 3.8) is 0 Å². The third-order valence-electron chi connectivity index (χ3n) is 4.97. The summed E-state index contributed by atoms with van der Waals surface area (Å²) >= 11 is 0. The van der Waals surface area contributed by atoms with Crippen LogP contribution in [0.15, 0.2) is 42.5 Å². The van der Waals surface area contributed by atoms with E-state index in [1.54, 1.807) is 14.2 Å². The average molecular weight is 384 g/mol. The zero-order valence-corrected chi connectivity index (χ0v) is 16.7. The number of ether oxygens (including phenoxy) is 3. The quantitative estimate of drug-likeness (QED) is 0.748. The number of benzene rings is 2. The Morgan fingerprint density at radius 2 is 1.96 bits per heavy atom. The molecule has 150 valence electrons. The summed E-state index contributed by atoms with van der Waals surface area (Å²) in [6.45, 7) is 3.66. The van der Waals surface area contributed by atoms with Crippen molar-refractivity contribution in [1.29, 1.82) is 0 Å². The number of rotatable bonds is 8. The second kappa shape index (κ2) is 9.46. The first-order valence-corrected chi connectivity index (χ1v) is 9.64. The number of amides is 1. The first kappa shape index (κ1) is 20.0. The number of hydrogen-bond donors (Lipinski definition) is 1. The molecule has 1 saturated heterocycles. The summed E-state index contributed by atoms with van der Waals surface area (Å²) < 4.78 is 16.5. The minimum absolute atomic E-state index is 0.0547. The van der Waals surface area contributed by atoms with Gasteiger partial charge < -0.3 is 19.5 Å². The Labute approximate surface area is 166 Å². The lowest BCUT2D eigenvalue weighted by Gasteiger charge is -2.26. The predicted octanol–water partition coefficient (Wildman–Crippen LogP) is 3.88. The Bertz CT molecular complexity index is 809. The van der Waals surface area contributed by atoms with Crippen molar-refractivity contribution in [2.45, 2.75) is 25.8 Å². The molecule has 3 rings (SSSR count). The van der Waals surface area contributed by atoms with Gasteiger partial charge in [-0.25, -0.2) is 0 Å². The summed E-state index contributed by atoms with van der Waals surface area (Å²) in [7, 11) is 3.32. The van der Waals surface area contributed by atoms with E-state index in [9.17, 15) is 4.79 Å². The van der Waals surface area contributed by atoms with Gasteiger partial charge in [0.2, 0.25) is 5.91 Å². The van der Waals surface area contributed by atoms with Crippen molar-refractivity contribution in [2.75, 3.05) is 39.2 Å². The van der Waals surface area contributed by atoms with E-state index in [-0.39, 0.29) is 11.9 Å². The summed E-state index contributed by atoms with van der Waals surface area (Å²) in [5.41, 5.74) is 1.76. The number of methoxy groups -OCH3 is 2. The summed E-state index contributed by atoms with van der Waals surface area (Å²) in [5.74, 6) is 2.24. The first-order chi connectivity index (χ1) is 13.7. The summed E-state index contributed by atoms with van der Waals surface area (Å²) in [6, 6.07) is 13.4. The number of nitrogens with zero attached hydrogens (tertiary/aromatic N) is 1. The SMILES string of the molecule is CCOc1ccccc1NC(=O)CN1CCCC1c1cc(OC)ccc1OC. The number of anilines is 1. The molecular weight excluding hydrogens is 356 g/mol. The molecule has 0 aliphatic carbocycles. The number of carbonyl (C=O) groups excluding carboxylic acids is 1. The van der Waals surface area contributed by atoms with Crippen LogP contribution in [0.3, 0.4) is 0 Å². The first-order valence-electron chi connectivity index (χ1n) is 9.64. The Morgan fingerprint density at radius 1 is 1.14 bits per heavy atom. The highest BCUT2D eigenvalue weighted by atomic mass is 16.5. The standard InChI is InChI=1S/C22H28N2O4/c1-4-28-21-10-6-5-8-18(21)23-22(25)15-24-13-7-9-19(24)17-14-16(26-2)11-12-20(17)27-3/h5-6,8,10-12,14,19H,4,7,9,13,15H2,1-3H3,(H,23,25). The zero-order chi connectivity index (χ0) is 19.9. The molecule has 1 heterocycles. The second-order valence-corrected chi connectivity index (χ2v) is 6.71. The molecule has 0 radical (unpaired) electrons. The molecular formula is C22H28N2O4. The number of likely N-dealkylation sites (tertiary alicyclic amines) is 1. The van der Waals surface area contributed by atoms with Crippen LogP contribution in [0.4, 0.5) is 5.69 Å². The Morgan fingerprint density at radius 3 is 2.71 bits per heavy atom. The van der Waals surface area contributed by atoms with Crippen LogP contribution in [0.5, 0.6) is 17.2 Å². The molecule has 1 fully saturated rings. The van der Waals surface area contributed by atoms with Gasteiger partial charge in [-0.15, -0.1) is 0 Å². The molecule has 1 amide bonds. The van der Waals surface area contributed by atoms with Gasteiger partial charge in [0.25, 0.3) is 0 Å². The molecule has 0 saturated carbocycles. The highest BCUT2D eigenvalue weighted by molar-refractivity contribution is 5.93. The van der Waals surface area contributed by atoms with Crippen molar-refractivity contribution < 1.29 is 19.0 Å². The van der Waals surface area contributed by atoms with Gasteiger partial charge >= 0.3 is 0 Å². The Kier molecular flexibility index (Phi) is 6.76. The maximum absolute atomic E-state index is 12.7. The lowest BCUT2D eigenvalue weighted by molar-refractivity contribution is -0.117. The minimum Gasteiger partial charge on any atom is -0.497 e. The Hall–Kier alpha value is -2.73. The molecule has 0 bridgehead atoms. The maximum Gasteiger partial charge on any atom is 0.238 e. The van der Waals surface area contributed by atoms with E-state index in [4.69, 9.17) is 14.2 Å². The molecule has 0 spiro atoms. The third-order valence-corrected chi connectivity index (χ3v) is 4.97. The van der Waals surface area contributed by atoms with Crippen LogP contribution in [-0.2, 0) is 4.79 Å². The Balaban J connectivity index is 1.73. The van der Waals surface area contributed by atoms with Crippen LogP contribution in [0, 0.1) is 0 Å². The van der Waals surface area contributed by atoms with Crippen LogP contribution >= 0.6 is 0 Å². The number of carbonyl (C=O) groups is 1. The lowest BCUT2D eigenvalue weighted by atomic mass is 10.0. The molecule has 28 heavy (non-hydrogen) atoms. The topological polar surface area (TPSA) is 60.0 Å². The normalized spacial score (nSPS) is 16.6. The fourth-order valence-corrected chi connectivity index (χ4v) is 3.69. The molecule has 2 aromatic carbocycles. The van der Waals surface area contributed by atoms with E-state index in [0.717, 1.165) is 36.4 Å². The monoisotopic (exact) mass is 384 g/mol. The molecule has 0 aromatic heterocycles. The van der Waals surface area contributed by atoms with E-state index in [2.05, 4.69) is 10.2 Å². The summed E-state index contributed by atoms with van der Waals surface area (Å²) in [6.07, 6.45) is 2.01. The summed E-state index contributed by atoms with van der Waals surface area (Å²) in [5, 5.41) is 2.98. The minimum atomic E-state index is -0.0547. The van der Waals surface area contributed by atoms with Gasteiger partial charge in [0.15, 0.2) is 0 Å². The molecule has 1 atom stereocenters. The van der Waals surface area contributed by atoms with Crippen molar-refractivity contribution in [3.05, 3.63) is 48.0 Å². The van der Waals surface area contributed by atoms with Crippen molar-refractivity contribution in [3.8, 4) is 17.2 Å². The lowest BCUT2D eigenvalue weighted by Crippen LogP contribution is -2.33. The van der Waals surface area contributed by atoms with Gasteiger partial charge in [0.1, 0.15) is 17.2 Å². The predicted molar refractivity (Wildman–Crippen MR) is 109 cm³/mol.